The fraction of sp³-hybridized carbons (Fsp3) is 0.800. The van der Waals surface area contributed by atoms with Gasteiger partial charge in [-0.05, 0) is 13.3 Å². The second-order valence-corrected chi connectivity index (χ2v) is 5.09. The van der Waals surface area contributed by atoms with Gasteiger partial charge in [0.2, 0.25) is 0 Å². The average molecular weight is 251 g/mol. The van der Waals surface area contributed by atoms with Gasteiger partial charge in [-0.15, -0.1) is 0 Å². The van der Waals surface area contributed by atoms with E-state index in [1.807, 2.05) is 12.4 Å². The Balaban J connectivity index is 2.12. The van der Waals surface area contributed by atoms with Gasteiger partial charge in [0.05, 0.1) is 6.04 Å². The number of rotatable bonds is 10. The Morgan fingerprint density at radius 1 is 1.11 bits per heavy atom. The van der Waals surface area contributed by atoms with Gasteiger partial charge in [0.15, 0.2) is 0 Å². The molecule has 0 aliphatic carbocycles. The van der Waals surface area contributed by atoms with Gasteiger partial charge in [-0.1, -0.05) is 51.9 Å². The molecule has 0 radical (unpaired) electrons. The van der Waals surface area contributed by atoms with Crippen molar-refractivity contribution >= 4 is 0 Å². The van der Waals surface area contributed by atoms with Gasteiger partial charge >= 0.3 is 0 Å². The Morgan fingerprint density at radius 2 is 1.78 bits per heavy atom. The summed E-state index contributed by atoms with van der Waals surface area (Å²) in [5.74, 6) is 1.04. The van der Waals surface area contributed by atoms with E-state index >= 15 is 0 Å². The van der Waals surface area contributed by atoms with Crippen LogP contribution in [-0.2, 0) is 6.54 Å². The van der Waals surface area contributed by atoms with E-state index in [2.05, 4.69) is 23.4 Å². The third-order valence-electron chi connectivity index (χ3n) is 3.54. The minimum atomic E-state index is 0.107. The molecule has 0 saturated heterocycles. The third-order valence-corrected chi connectivity index (χ3v) is 3.54. The predicted octanol–water partition coefficient (Wildman–Crippen LogP) is 4.04. The molecule has 1 atom stereocenters. The van der Waals surface area contributed by atoms with E-state index in [0.717, 1.165) is 18.8 Å². The van der Waals surface area contributed by atoms with Crippen molar-refractivity contribution in [3.05, 3.63) is 18.2 Å². The Labute approximate surface area is 112 Å². The summed E-state index contributed by atoms with van der Waals surface area (Å²) in [6.45, 7) is 5.35. The number of imidazole rings is 1. The summed E-state index contributed by atoms with van der Waals surface area (Å²) in [4.78, 5) is 4.36. The molecule has 0 fully saturated rings. The van der Waals surface area contributed by atoms with Gasteiger partial charge in [-0.25, -0.2) is 4.98 Å². The molecule has 0 amide bonds. The molecule has 0 aliphatic heterocycles. The lowest BCUT2D eigenvalue weighted by atomic mass is 10.1. The largest absolute Gasteiger partial charge is 0.334 e. The fourth-order valence-electron chi connectivity index (χ4n) is 2.37. The van der Waals surface area contributed by atoms with Crippen LogP contribution in [0.4, 0.5) is 0 Å². The number of aryl methyl sites for hydroxylation is 1. The summed E-state index contributed by atoms with van der Waals surface area (Å²) in [6, 6.07) is 0.107. The van der Waals surface area contributed by atoms with Gasteiger partial charge in [0.1, 0.15) is 5.82 Å². The third kappa shape index (κ3) is 5.21. The number of hydrogen-bond donors (Lipinski definition) is 1. The highest BCUT2D eigenvalue weighted by molar-refractivity contribution is 4.98. The Hall–Kier alpha value is -0.830. The molecule has 1 aromatic heterocycles. The van der Waals surface area contributed by atoms with E-state index in [9.17, 15) is 0 Å². The molecule has 2 N–H and O–H groups in total. The first-order valence-electron chi connectivity index (χ1n) is 7.56. The van der Waals surface area contributed by atoms with Crippen molar-refractivity contribution < 1.29 is 0 Å². The normalized spacial score (nSPS) is 12.8. The molecule has 0 aromatic carbocycles. The number of aromatic nitrogens is 2. The van der Waals surface area contributed by atoms with Crippen molar-refractivity contribution in [1.82, 2.24) is 9.55 Å². The minimum absolute atomic E-state index is 0.107. The summed E-state index contributed by atoms with van der Waals surface area (Å²) in [5.41, 5.74) is 6.19. The van der Waals surface area contributed by atoms with E-state index in [0.29, 0.717) is 0 Å². The highest BCUT2D eigenvalue weighted by Crippen LogP contribution is 2.17. The van der Waals surface area contributed by atoms with Crippen LogP contribution in [0.3, 0.4) is 0 Å². The molecule has 1 unspecified atom stereocenters. The lowest BCUT2D eigenvalue weighted by Gasteiger charge is -2.12. The van der Waals surface area contributed by atoms with E-state index in [1.165, 1.54) is 44.9 Å². The van der Waals surface area contributed by atoms with Crippen LogP contribution in [0.2, 0.25) is 0 Å². The molecule has 1 rings (SSSR count). The molecule has 0 saturated carbocycles. The van der Waals surface area contributed by atoms with Crippen molar-refractivity contribution in [3.63, 3.8) is 0 Å². The molecule has 18 heavy (non-hydrogen) atoms. The number of nitrogens with two attached hydrogens (primary N) is 1. The summed E-state index contributed by atoms with van der Waals surface area (Å²) in [5, 5.41) is 0. The van der Waals surface area contributed by atoms with Crippen molar-refractivity contribution in [2.75, 3.05) is 0 Å². The van der Waals surface area contributed by atoms with Crippen LogP contribution in [0.25, 0.3) is 0 Å². The first-order chi connectivity index (χ1) is 8.79. The molecule has 1 aromatic rings. The van der Waals surface area contributed by atoms with E-state index in [-0.39, 0.29) is 6.04 Å². The number of unbranched alkanes of at least 4 members (excludes halogenated alkanes) is 6. The lowest BCUT2D eigenvalue weighted by Crippen LogP contribution is -2.16. The van der Waals surface area contributed by atoms with Crippen molar-refractivity contribution in [2.45, 2.75) is 77.8 Å². The second kappa shape index (κ2) is 9.15. The predicted molar refractivity (Wildman–Crippen MR) is 77.4 cm³/mol. The molecule has 104 valence electrons. The fourth-order valence-corrected chi connectivity index (χ4v) is 2.37. The summed E-state index contributed by atoms with van der Waals surface area (Å²) in [7, 11) is 0. The van der Waals surface area contributed by atoms with Gasteiger partial charge in [-0.2, -0.15) is 0 Å². The number of nitrogens with zero attached hydrogens (tertiary/aromatic N) is 2. The van der Waals surface area contributed by atoms with E-state index < -0.39 is 0 Å². The molecule has 0 spiro atoms. The summed E-state index contributed by atoms with van der Waals surface area (Å²) in [6.07, 6.45) is 14.3. The maximum absolute atomic E-state index is 6.19. The molecule has 0 bridgehead atoms. The van der Waals surface area contributed by atoms with Gasteiger partial charge in [0, 0.05) is 18.9 Å². The van der Waals surface area contributed by atoms with Crippen LogP contribution in [0.1, 0.15) is 77.1 Å². The van der Waals surface area contributed by atoms with Crippen molar-refractivity contribution in [1.29, 1.82) is 0 Å². The van der Waals surface area contributed by atoms with Gasteiger partial charge < -0.3 is 10.3 Å². The smallest absolute Gasteiger partial charge is 0.125 e. The molecular weight excluding hydrogens is 222 g/mol. The molecule has 0 aliphatic rings. The van der Waals surface area contributed by atoms with Crippen LogP contribution in [-0.4, -0.2) is 9.55 Å². The minimum Gasteiger partial charge on any atom is -0.334 e. The van der Waals surface area contributed by atoms with Crippen LogP contribution >= 0.6 is 0 Å². The lowest BCUT2D eigenvalue weighted by molar-refractivity contribution is 0.512. The standard InChI is InChI=1S/C15H29N3/c1-3-5-6-7-8-9-10-11-14(16)15-17-12-13-18(15)4-2/h12-14H,3-11,16H2,1-2H3. The maximum Gasteiger partial charge on any atom is 0.125 e. The van der Waals surface area contributed by atoms with Crippen LogP contribution < -0.4 is 5.73 Å². The highest BCUT2D eigenvalue weighted by Gasteiger charge is 2.10. The Kier molecular flexibility index (Phi) is 7.74. The zero-order valence-corrected chi connectivity index (χ0v) is 12.1. The average Bonchev–Trinajstić information content (AvgIpc) is 2.85. The molecule has 3 nitrogen and oxygen atoms in total. The molecular formula is C15H29N3. The van der Waals surface area contributed by atoms with Crippen LogP contribution in [0.5, 0.6) is 0 Å². The first-order valence-corrected chi connectivity index (χ1v) is 7.56. The molecule has 3 heteroatoms. The van der Waals surface area contributed by atoms with E-state index in [4.69, 9.17) is 5.73 Å². The molecule has 1 heterocycles. The Morgan fingerprint density at radius 3 is 2.44 bits per heavy atom. The van der Waals surface area contributed by atoms with Crippen molar-refractivity contribution in [3.8, 4) is 0 Å². The van der Waals surface area contributed by atoms with Gasteiger partial charge in [-0.3, -0.25) is 0 Å². The quantitative estimate of drug-likeness (QED) is 0.638. The number of hydrogen-bond acceptors (Lipinski definition) is 2. The van der Waals surface area contributed by atoms with E-state index in [1.54, 1.807) is 0 Å². The summed E-state index contributed by atoms with van der Waals surface area (Å²) < 4.78 is 2.14. The maximum atomic E-state index is 6.19. The van der Waals surface area contributed by atoms with Gasteiger partial charge in [0.25, 0.3) is 0 Å². The second-order valence-electron chi connectivity index (χ2n) is 5.09. The van der Waals surface area contributed by atoms with Crippen molar-refractivity contribution in [2.24, 2.45) is 5.73 Å². The SMILES string of the molecule is CCCCCCCCCC(N)c1nccn1CC. The zero-order valence-electron chi connectivity index (χ0n) is 12.1. The zero-order chi connectivity index (χ0) is 13.2. The first kappa shape index (κ1) is 15.2. The Bertz CT molecular complexity index is 306. The van der Waals surface area contributed by atoms with Crippen LogP contribution in [0, 0.1) is 0 Å². The highest BCUT2D eigenvalue weighted by atomic mass is 15.1. The summed E-state index contributed by atoms with van der Waals surface area (Å²) >= 11 is 0. The van der Waals surface area contributed by atoms with Crippen LogP contribution in [0.15, 0.2) is 12.4 Å². The topological polar surface area (TPSA) is 43.8 Å². The monoisotopic (exact) mass is 251 g/mol.